The van der Waals surface area contributed by atoms with Crippen molar-refractivity contribution in [3.8, 4) is 0 Å². The largest absolute Gasteiger partial charge is 0.271 e. The first-order valence-corrected chi connectivity index (χ1v) is 5.52. The Morgan fingerprint density at radius 1 is 1.22 bits per heavy atom. The van der Waals surface area contributed by atoms with Gasteiger partial charge in [0.15, 0.2) is 0 Å². The average molecular weight is 270 g/mol. The normalized spacial score (nSPS) is 12.4. The van der Waals surface area contributed by atoms with Crippen LogP contribution in [0.4, 0.5) is 8.78 Å². The van der Waals surface area contributed by atoms with Crippen LogP contribution in [0.15, 0.2) is 36.5 Å². The fourth-order valence-corrected chi connectivity index (χ4v) is 1.92. The number of nitrogens with zero attached hydrogens (tertiary/aromatic N) is 1. The molecule has 0 fully saturated rings. The first-order chi connectivity index (χ1) is 8.61. The highest BCUT2D eigenvalue weighted by Gasteiger charge is 2.18. The van der Waals surface area contributed by atoms with Crippen LogP contribution in [0.3, 0.4) is 0 Å². The zero-order valence-corrected chi connectivity index (χ0v) is 9.96. The Hall–Kier alpha value is -1.56. The van der Waals surface area contributed by atoms with Gasteiger partial charge in [-0.2, -0.15) is 0 Å². The van der Waals surface area contributed by atoms with Crippen molar-refractivity contribution in [2.75, 3.05) is 0 Å². The molecule has 0 spiro atoms. The monoisotopic (exact) mass is 269 g/mol. The summed E-state index contributed by atoms with van der Waals surface area (Å²) in [5, 5.41) is 0.366. The van der Waals surface area contributed by atoms with Gasteiger partial charge in [-0.1, -0.05) is 11.6 Å². The maximum Gasteiger partial charge on any atom is 0.126 e. The van der Waals surface area contributed by atoms with E-state index in [0.29, 0.717) is 16.3 Å². The van der Waals surface area contributed by atoms with Gasteiger partial charge >= 0.3 is 0 Å². The van der Waals surface area contributed by atoms with E-state index in [9.17, 15) is 8.78 Å². The van der Waals surface area contributed by atoms with E-state index >= 15 is 0 Å². The fraction of sp³-hybridized carbons (Fsp3) is 0.0833. The van der Waals surface area contributed by atoms with Gasteiger partial charge in [-0.3, -0.25) is 10.8 Å². The topological polar surface area (TPSA) is 50.9 Å². The number of nitrogens with one attached hydrogen (secondary N) is 1. The molecule has 0 aliphatic carbocycles. The second kappa shape index (κ2) is 5.39. The quantitative estimate of drug-likeness (QED) is 0.665. The summed E-state index contributed by atoms with van der Waals surface area (Å²) in [5.41, 5.74) is 3.17. The van der Waals surface area contributed by atoms with Crippen molar-refractivity contribution in [1.29, 1.82) is 0 Å². The molecule has 3 nitrogen and oxygen atoms in total. The van der Waals surface area contributed by atoms with Gasteiger partial charge in [0, 0.05) is 12.3 Å². The van der Waals surface area contributed by atoms with E-state index in [1.54, 1.807) is 12.1 Å². The van der Waals surface area contributed by atoms with Crippen molar-refractivity contribution in [2.45, 2.75) is 6.04 Å². The van der Waals surface area contributed by atoms with Crippen LogP contribution in [0.5, 0.6) is 0 Å². The number of rotatable bonds is 3. The molecule has 2 rings (SSSR count). The van der Waals surface area contributed by atoms with E-state index < -0.39 is 17.7 Å². The lowest BCUT2D eigenvalue weighted by atomic mass is 10.0. The lowest BCUT2D eigenvalue weighted by Gasteiger charge is -2.17. The Labute approximate surface area is 108 Å². The highest BCUT2D eigenvalue weighted by molar-refractivity contribution is 6.31. The molecule has 94 valence electrons. The zero-order chi connectivity index (χ0) is 13.1. The van der Waals surface area contributed by atoms with Crippen LogP contribution >= 0.6 is 11.6 Å². The highest BCUT2D eigenvalue weighted by atomic mass is 35.5. The summed E-state index contributed by atoms with van der Waals surface area (Å²) < 4.78 is 26.4. The Kier molecular flexibility index (Phi) is 3.86. The number of benzene rings is 1. The Bertz CT molecular complexity index is 543. The van der Waals surface area contributed by atoms with Crippen LogP contribution < -0.4 is 11.3 Å². The van der Waals surface area contributed by atoms with Gasteiger partial charge in [0.25, 0.3) is 0 Å². The third-order valence-electron chi connectivity index (χ3n) is 2.45. The summed E-state index contributed by atoms with van der Waals surface area (Å²) in [6.07, 6.45) is 1.53. The fourth-order valence-electron chi connectivity index (χ4n) is 1.69. The molecule has 1 aromatic carbocycles. The van der Waals surface area contributed by atoms with Crippen LogP contribution in [-0.2, 0) is 0 Å². The van der Waals surface area contributed by atoms with Gasteiger partial charge in [-0.25, -0.2) is 14.2 Å². The highest BCUT2D eigenvalue weighted by Crippen LogP contribution is 2.26. The van der Waals surface area contributed by atoms with Crippen molar-refractivity contribution in [3.05, 3.63) is 64.4 Å². The SMILES string of the molecule is NNC(c1cc(F)cc(F)c1)c1ncccc1Cl. The van der Waals surface area contributed by atoms with Gasteiger partial charge in [0.1, 0.15) is 11.6 Å². The molecular formula is C12H10ClF2N3. The predicted molar refractivity (Wildman–Crippen MR) is 64.8 cm³/mol. The second-order valence-electron chi connectivity index (χ2n) is 3.67. The van der Waals surface area contributed by atoms with Crippen molar-refractivity contribution < 1.29 is 8.78 Å². The van der Waals surface area contributed by atoms with E-state index in [0.717, 1.165) is 6.07 Å². The minimum Gasteiger partial charge on any atom is -0.271 e. The van der Waals surface area contributed by atoms with Crippen molar-refractivity contribution in [1.82, 2.24) is 10.4 Å². The summed E-state index contributed by atoms with van der Waals surface area (Å²) in [6, 6.07) is 5.76. The Balaban J connectivity index is 2.48. The van der Waals surface area contributed by atoms with E-state index in [-0.39, 0.29) is 0 Å². The molecule has 0 aliphatic rings. The van der Waals surface area contributed by atoms with Gasteiger partial charge in [0.05, 0.1) is 16.8 Å². The summed E-state index contributed by atoms with van der Waals surface area (Å²) in [6.45, 7) is 0. The van der Waals surface area contributed by atoms with Crippen LogP contribution in [0, 0.1) is 11.6 Å². The minimum atomic E-state index is -0.683. The number of hydrogen-bond donors (Lipinski definition) is 2. The van der Waals surface area contributed by atoms with Gasteiger partial charge in [-0.05, 0) is 29.8 Å². The lowest BCUT2D eigenvalue weighted by molar-refractivity contribution is 0.563. The summed E-state index contributed by atoms with van der Waals surface area (Å²) in [4.78, 5) is 4.07. The maximum atomic E-state index is 13.2. The molecule has 0 radical (unpaired) electrons. The summed E-state index contributed by atoms with van der Waals surface area (Å²) >= 11 is 5.98. The first kappa shape index (κ1) is 12.9. The van der Waals surface area contributed by atoms with Crippen LogP contribution in [0.25, 0.3) is 0 Å². The summed E-state index contributed by atoms with van der Waals surface area (Å²) in [7, 11) is 0. The molecule has 0 saturated carbocycles. The molecule has 3 N–H and O–H groups in total. The molecule has 1 heterocycles. The molecule has 18 heavy (non-hydrogen) atoms. The predicted octanol–water partition coefficient (Wildman–Crippen LogP) is 2.57. The second-order valence-corrected chi connectivity index (χ2v) is 4.08. The molecule has 0 aliphatic heterocycles. The minimum absolute atomic E-state index is 0.315. The molecule has 0 amide bonds. The molecule has 6 heteroatoms. The van der Waals surface area contributed by atoms with Crippen molar-refractivity contribution in [2.24, 2.45) is 5.84 Å². The Morgan fingerprint density at radius 3 is 2.44 bits per heavy atom. The van der Waals surface area contributed by atoms with Gasteiger partial charge in [0.2, 0.25) is 0 Å². The lowest BCUT2D eigenvalue weighted by Crippen LogP contribution is -2.30. The van der Waals surface area contributed by atoms with Gasteiger partial charge in [-0.15, -0.1) is 0 Å². The molecule has 1 unspecified atom stereocenters. The number of halogens is 3. The number of hydrazine groups is 1. The molecule has 0 saturated heterocycles. The molecule has 0 bridgehead atoms. The zero-order valence-electron chi connectivity index (χ0n) is 9.20. The third-order valence-corrected chi connectivity index (χ3v) is 2.76. The van der Waals surface area contributed by atoms with E-state index in [1.165, 1.54) is 18.3 Å². The molecular weight excluding hydrogens is 260 g/mol. The maximum absolute atomic E-state index is 13.2. The Morgan fingerprint density at radius 2 is 1.89 bits per heavy atom. The standard InChI is InChI=1S/C12H10ClF2N3/c13-10-2-1-3-17-12(10)11(18-16)7-4-8(14)6-9(15)5-7/h1-6,11,18H,16H2. The first-order valence-electron chi connectivity index (χ1n) is 5.14. The van der Waals surface area contributed by atoms with Crippen LogP contribution in [0.2, 0.25) is 5.02 Å². The van der Waals surface area contributed by atoms with Gasteiger partial charge < -0.3 is 0 Å². The van der Waals surface area contributed by atoms with E-state index in [1.807, 2.05) is 0 Å². The van der Waals surface area contributed by atoms with E-state index in [4.69, 9.17) is 17.4 Å². The van der Waals surface area contributed by atoms with Crippen molar-refractivity contribution >= 4 is 11.6 Å². The molecule has 1 aromatic heterocycles. The average Bonchev–Trinajstić information content (AvgIpc) is 2.31. The molecule has 2 aromatic rings. The van der Waals surface area contributed by atoms with E-state index in [2.05, 4.69) is 10.4 Å². The number of pyridine rings is 1. The number of nitrogens with two attached hydrogens (primary N) is 1. The molecule has 1 atom stereocenters. The number of hydrogen-bond acceptors (Lipinski definition) is 3. The number of aromatic nitrogens is 1. The van der Waals surface area contributed by atoms with Crippen molar-refractivity contribution in [3.63, 3.8) is 0 Å². The smallest absolute Gasteiger partial charge is 0.126 e. The summed E-state index contributed by atoms with van der Waals surface area (Å²) in [5.74, 6) is 4.05. The third kappa shape index (κ3) is 2.64. The van der Waals surface area contributed by atoms with Crippen LogP contribution in [0.1, 0.15) is 17.3 Å². The van der Waals surface area contributed by atoms with Crippen LogP contribution in [-0.4, -0.2) is 4.98 Å².